The minimum absolute atomic E-state index is 0.0864. The van der Waals surface area contributed by atoms with Gasteiger partial charge < -0.3 is 9.47 Å². The van der Waals surface area contributed by atoms with Crippen molar-refractivity contribution in [1.29, 1.82) is 0 Å². The Hall–Kier alpha value is -2.32. The number of alkyl halides is 3. The zero-order chi connectivity index (χ0) is 18.0. The Bertz CT molecular complexity index is 899. The summed E-state index contributed by atoms with van der Waals surface area (Å²) in [6, 6.07) is 8.59. The van der Waals surface area contributed by atoms with E-state index in [0.29, 0.717) is 17.1 Å². The number of aryl methyl sites for hydroxylation is 1. The number of halogens is 4. The maximum atomic E-state index is 12.6. The van der Waals surface area contributed by atoms with Crippen LogP contribution in [0.25, 0.3) is 0 Å². The number of ether oxygens (including phenoxy) is 2. The van der Waals surface area contributed by atoms with Crippen molar-refractivity contribution >= 4 is 22.9 Å². The Balaban J connectivity index is 1.81. The molecule has 0 saturated carbocycles. The monoisotopic (exact) mass is 386 g/mol. The fourth-order valence-electron chi connectivity index (χ4n) is 1.91. The molecule has 0 unspecified atom stereocenters. The Morgan fingerprint density at radius 1 is 1.04 bits per heavy atom. The minimum atomic E-state index is -4.40. The molecule has 0 bridgehead atoms. The Labute approximate surface area is 149 Å². The van der Waals surface area contributed by atoms with Gasteiger partial charge in [0.25, 0.3) is 0 Å². The molecule has 0 radical (unpaired) electrons. The van der Waals surface area contributed by atoms with Crippen LogP contribution in [0, 0.1) is 6.92 Å². The molecule has 130 valence electrons. The van der Waals surface area contributed by atoms with Crippen molar-refractivity contribution in [3.05, 3.63) is 58.2 Å². The van der Waals surface area contributed by atoms with Crippen molar-refractivity contribution in [1.82, 2.24) is 9.97 Å². The van der Waals surface area contributed by atoms with Crippen molar-refractivity contribution in [2.45, 2.75) is 13.1 Å². The van der Waals surface area contributed by atoms with E-state index in [1.165, 1.54) is 18.3 Å². The summed E-state index contributed by atoms with van der Waals surface area (Å²) < 4.78 is 49.0. The van der Waals surface area contributed by atoms with Gasteiger partial charge in [0.2, 0.25) is 11.8 Å². The summed E-state index contributed by atoms with van der Waals surface area (Å²) in [5.74, 6) is 0.787. The molecule has 3 rings (SSSR count). The van der Waals surface area contributed by atoms with Crippen LogP contribution in [-0.2, 0) is 6.18 Å². The first-order valence-corrected chi connectivity index (χ1v) is 8.12. The molecular formula is C16H10ClF3N2O2S. The van der Waals surface area contributed by atoms with Crippen LogP contribution in [0.1, 0.15) is 10.4 Å². The molecule has 4 nitrogen and oxygen atoms in total. The summed E-state index contributed by atoms with van der Waals surface area (Å²) in [7, 11) is 0. The molecule has 0 aliphatic carbocycles. The lowest BCUT2D eigenvalue weighted by Crippen LogP contribution is -2.00. The molecule has 0 aliphatic rings. The quantitative estimate of drug-likeness (QED) is 0.508. The molecule has 3 heterocycles. The SMILES string of the molecule is Cc1cc(Oc2ccnc(Cl)c2)nc(Oc2ccc(C(F)(F)F)s2)c1. The van der Waals surface area contributed by atoms with E-state index in [2.05, 4.69) is 9.97 Å². The topological polar surface area (TPSA) is 44.2 Å². The van der Waals surface area contributed by atoms with Crippen LogP contribution in [0.3, 0.4) is 0 Å². The maximum absolute atomic E-state index is 12.6. The summed E-state index contributed by atoms with van der Waals surface area (Å²) in [6.45, 7) is 1.79. The fourth-order valence-corrected chi connectivity index (χ4v) is 2.80. The van der Waals surface area contributed by atoms with Gasteiger partial charge in [0, 0.05) is 24.4 Å². The van der Waals surface area contributed by atoms with Gasteiger partial charge in [0.05, 0.1) is 0 Å². The highest BCUT2D eigenvalue weighted by Gasteiger charge is 2.32. The van der Waals surface area contributed by atoms with Gasteiger partial charge in [-0.3, -0.25) is 0 Å². The zero-order valence-corrected chi connectivity index (χ0v) is 14.2. The molecule has 9 heteroatoms. The first-order chi connectivity index (χ1) is 11.8. The van der Waals surface area contributed by atoms with Crippen LogP contribution >= 0.6 is 22.9 Å². The number of pyridine rings is 2. The average Bonchev–Trinajstić information content (AvgIpc) is 2.95. The second kappa shape index (κ2) is 6.89. The second-order valence-corrected chi connectivity index (χ2v) is 6.39. The van der Waals surface area contributed by atoms with Crippen LogP contribution in [0.4, 0.5) is 13.2 Å². The summed E-state index contributed by atoms with van der Waals surface area (Å²) in [4.78, 5) is 7.25. The minimum Gasteiger partial charge on any atom is -0.439 e. The van der Waals surface area contributed by atoms with E-state index in [4.69, 9.17) is 21.1 Å². The molecule has 0 fully saturated rings. The third kappa shape index (κ3) is 4.61. The maximum Gasteiger partial charge on any atom is 0.425 e. The van der Waals surface area contributed by atoms with Gasteiger partial charge in [0.1, 0.15) is 15.8 Å². The van der Waals surface area contributed by atoms with E-state index in [1.807, 2.05) is 0 Å². The van der Waals surface area contributed by atoms with Gasteiger partial charge in [-0.25, -0.2) is 4.98 Å². The highest BCUT2D eigenvalue weighted by atomic mass is 35.5. The van der Waals surface area contributed by atoms with E-state index < -0.39 is 11.1 Å². The van der Waals surface area contributed by atoms with Gasteiger partial charge in [-0.15, -0.1) is 0 Å². The molecule has 3 aromatic rings. The molecule has 3 aromatic heterocycles. The number of aromatic nitrogens is 2. The normalized spacial score (nSPS) is 11.4. The first-order valence-electron chi connectivity index (χ1n) is 6.92. The van der Waals surface area contributed by atoms with Crippen LogP contribution < -0.4 is 9.47 Å². The van der Waals surface area contributed by atoms with Crippen molar-refractivity contribution < 1.29 is 22.6 Å². The Morgan fingerprint density at radius 2 is 1.76 bits per heavy atom. The zero-order valence-electron chi connectivity index (χ0n) is 12.7. The highest BCUT2D eigenvalue weighted by Crippen LogP contribution is 2.39. The fraction of sp³-hybridized carbons (Fsp3) is 0.125. The van der Waals surface area contributed by atoms with Gasteiger partial charge in [-0.05, 0) is 30.7 Å². The highest BCUT2D eigenvalue weighted by molar-refractivity contribution is 7.13. The molecule has 0 aromatic carbocycles. The predicted octanol–water partition coefficient (Wildman–Crippen LogP) is 6.10. The third-order valence-corrected chi connectivity index (χ3v) is 4.12. The second-order valence-electron chi connectivity index (χ2n) is 4.96. The molecule has 25 heavy (non-hydrogen) atoms. The number of nitrogens with zero attached hydrogens (tertiary/aromatic N) is 2. The van der Waals surface area contributed by atoms with Crippen LogP contribution in [0.2, 0.25) is 5.15 Å². The Morgan fingerprint density at radius 3 is 2.40 bits per heavy atom. The van der Waals surface area contributed by atoms with Crippen LogP contribution in [-0.4, -0.2) is 9.97 Å². The van der Waals surface area contributed by atoms with Crippen molar-refractivity contribution in [2.24, 2.45) is 0 Å². The largest absolute Gasteiger partial charge is 0.439 e. The summed E-state index contributed by atoms with van der Waals surface area (Å²) in [5.41, 5.74) is 0.771. The molecule has 0 saturated heterocycles. The van der Waals surface area contributed by atoms with Gasteiger partial charge in [-0.1, -0.05) is 22.9 Å². The lowest BCUT2D eigenvalue weighted by molar-refractivity contribution is -0.134. The lowest BCUT2D eigenvalue weighted by atomic mass is 10.3. The van der Waals surface area contributed by atoms with E-state index in [0.717, 1.165) is 11.6 Å². The number of hydrogen-bond donors (Lipinski definition) is 0. The standard InChI is InChI=1S/C16H10ClF3N2O2S/c1-9-6-13(23-10-4-5-21-12(17)8-10)22-14(7-9)24-15-3-2-11(25-15)16(18,19)20/h2-8H,1H3. The summed E-state index contributed by atoms with van der Waals surface area (Å²) in [6.07, 6.45) is -2.92. The van der Waals surface area contributed by atoms with Crippen LogP contribution in [0.5, 0.6) is 22.6 Å². The van der Waals surface area contributed by atoms with Crippen LogP contribution in [0.15, 0.2) is 42.6 Å². The lowest BCUT2D eigenvalue weighted by Gasteiger charge is -2.08. The number of thiophene rings is 1. The van der Waals surface area contributed by atoms with E-state index in [9.17, 15) is 13.2 Å². The Kier molecular flexibility index (Phi) is 4.82. The van der Waals surface area contributed by atoms with Gasteiger partial charge in [-0.2, -0.15) is 18.2 Å². The summed E-state index contributed by atoms with van der Waals surface area (Å²) >= 11 is 6.29. The molecule has 0 N–H and O–H groups in total. The first kappa shape index (κ1) is 17.5. The number of hydrogen-bond acceptors (Lipinski definition) is 5. The van der Waals surface area contributed by atoms with E-state index in [-0.39, 0.29) is 22.0 Å². The molecule has 0 atom stereocenters. The predicted molar refractivity (Wildman–Crippen MR) is 87.7 cm³/mol. The molecule has 0 aliphatic heterocycles. The van der Waals surface area contributed by atoms with Crippen molar-refractivity contribution in [3.8, 4) is 22.6 Å². The molecular weight excluding hydrogens is 377 g/mol. The molecule has 0 spiro atoms. The third-order valence-electron chi connectivity index (χ3n) is 2.91. The summed E-state index contributed by atoms with van der Waals surface area (Å²) in [5, 5.41) is 0.350. The van der Waals surface area contributed by atoms with Crippen molar-refractivity contribution in [3.63, 3.8) is 0 Å². The van der Waals surface area contributed by atoms with Gasteiger partial charge >= 0.3 is 6.18 Å². The van der Waals surface area contributed by atoms with Crippen molar-refractivity contribution in [2.75, 3.05) is 0 Å². The number of rotatable bonds is 4. The smallest absolute Gasteiger partial charge is 0.425 e. The van der Waals surface area contributed by atoms with E-state index >= 15 is 0 Å². The molecule has 0 amide bonds. The van der Waals surface area contributed by atoms with Gasteiger partial charge in [0.15, 0.2) is 5.06 Å². The average molecular weight is 387 g/mol. The van der Waals surface area contributed by atoms with E-state index in [1.54, 1.807) is 25.1 Å².